The zero-order valence-corrected chi connectivity index (χ0v) is 22.5. The first-order valence-electron chi connectivity index (χ1n) is 11.8. The molecular formula is C32H30BBr. The fourth-order valence-electron chi connectivity index (χ4n) is 5.31. The van der Waals surface area contributed by atoms with E-state index in [0.717, 1.165) is 15.6 Å². The predicted octanol–water partition coefficient (Wildman–Crippen LogP) is 6.22. The average molecular weight is 505 g/mol. The van der Waals surface area contributed by atoms with Crippen molar-refractivity contribution in [2.75, 3.05) is 0 Å². The van der Waals surface area contributed by atoms with Crippen LogP contribution in [0.15, 0.2) is 77.3 Å². The van der Waals surface area contributed by atoms with Crippen molar-refractivity contribution in [3.63, 3.8) is 0 Å². The van der Waals surface area contributed by atoms with Crippen molar-refractivity contribution in [1.82, 2.24) is 0 Å². The molecular weight excluding hydrogens is 475 g/mol. The fraction of sp³-hybridized carbons (Fsp3) is 0.188. The van der Waals surface area contributed by atoms with Gasteiger partial charge in [-0.1, -0.05) is 116 Å². The molecule has 0 aliphatic rings. The summed E-state index contributed by atoms with van der Waals surface area (Å²) >= 11 is 3.64. The molecule has 0 spiro atoms. The number of hydrogen-bond acceptors (Lipinski definition) is 0. The van der Waals surface area contributed by atoms with Crippen LogP contribution in [-0.2, 0) is 0 Å². The van der Waals surface area contributed by atoms with Crippen LogP contribution in [0.2, 0.25) is 0 Å². The van der Waals surface area contributed by atoms with Gasteiger partial charge >= 0.3 is 0 Å². The Morgan fingerprint density at radius 1 is 0.559 bits per heavy atom. The molecule has 0 aliphatic carbocycles. The third-order valence-electron chi connectivity index (χ3n) is 6.53. The van der Waals surface area contributed by atoms with Crippen LogP contribution in [0.4, 0.5) is 0 Å². The Hall–Kier alpha value is -3.02. The van der Waals surface area contributed by atoms with Gasteiger partial charge in [0.1, 0.15) is 0 Å². The summed E-state index contributed by atoms with van der Waals surface area (Å²) in [4.78, 5) is 0. The quantitative estimate of drug-likeness (QED) is 0.229. The summed E-state index contributed by atoms with van der Waals surface area (Å²) in [5.74, 6) is 6.92. The molecule has 4 aromatic rings. The number of halogens is 1. The van der Waals surface area contributed by atoms with Crippen molar-refractivity contribution < 1.29 is 0 Å². The van der Waals surface area contributed by atoms with Gasteiger partial charge < -0.3 is 0 Å². The Kier molecular flexibility index (Phi) is 7.15. The van der Waals surface area contributed by atoms with E-state index in [2.05, 4.69) is 124 Å². The van der Waals surface area contributed by atoms with Crippen molar-refractivity contribution in [3.05, 3.63) is 122 Å². The standard InChI is InChI=1S/C32H30BBr/c1-21-17-23(3)31(24(4)18-21)33(32-25(5)19-22(2)20-26(32)6)29-13-9-7-11-27(29)15-16-28-12-8-10-14-30(28)34/h7-14,17-20H,1-6H3. The first-order chi connectivity index (χ1) is 16.3. The van der Waals surface area contributed by atoms with Crippen molar-refractivity contribution in [1.29, 1.82) is 0 Å². The van der Waals surface area contributed by atoms with E-state index in [4.69, 9.17) is 0 Å². The summed E-state index contributed by atoms with van der Waals surface area (Å²) in [5.41, 5.74) is 14.0. The molecule has 4 aromatic carbocycles. The first kappa shape index (κ1) is 24.1. The molecule has 0 unspecified atom stereocenters. The highest BCUT2D eigenvalue weighted by Gasteiger charge is 2.29. The Morgan fingerprint density at radius 2 is 0.971 bits per heavy atom. The number of rotatable bonds is 3. The Morgan fingerprint density at radius 3 is 1.47 bits per heavy atom. The van der Waals surface area contributed by atoms with Gasteiger partial charge in [-0.2, -0.15) is 0 Å². The van der Waals surface area contributed by atoms with E-state index in [-0.39, 0.29) is 6.71 Å². The highest BCUT2D eigenvalue weighted by Crippen LogP contribution is 2.16. The average Bonchev–Trinajstić information content (AvgIpc) is 2.76. The minimum Gasteiger partial charge on any atom is -0.0657 e. The van der Waals surface area contributed by atoms with Crippen LogP contribution >= 0.6 is 15.9 Å². The maximum Gasteiger partial charge on any atom is 0.244 e. The molecule has 0 heterocycles. The zero-order chi connectivity index (χ0) is 24.4. The summed E-state index contributed by atoms with van der Waals surface area (Å²) in [7, 11) is 0. The van der Waals surface area contributed by atoms with Gasteiger partial charge in [0.05, 0.1) is 0 Å². The first-order valence-corrected chi connectivity index (χ1v) is 12.6. The lowest BCUT2D eigenvalue weighted by Gasteiger charge is -2.25. The highest BCUT2D eigenvalue weighted by atomic mass is 79.9. The Labute approximate surface area is 213 Å². The minimum absolute atomic E-state index is 0.117. The van der Waals surface area contributed by atoms with E-state index in [1.54, 1.807) is 0 Å². The molecule has 34 heavy (non-hydrogen) atoms. The second-order valence-electron chi connectivity index (χ2n) is 9.37. The molecule has 0 nitrogen and oxygen atoms in total. The third kappa shape index (κ3) is 4.91. The van der Waals surface area contributed by atoms with Crippen molar-refractivity contribution >= 4 is 39.0 Å². The third-order valence-corrected chi connectivity index (χ3v) is 7.22. The van der Waals surface area contributed by atoms with Gasteiger partial charge in [-0.15, -0.1) is 0 Å². The van der Waals surface area contributed by atoms with Crippen LogP contribution in [0.1, 0.15) is 44.5 Å². The molecule has 0 amide bonds. The normalized spacial score (nSPS) is 10.6. The van der Waals surface area contributed by atoms with E-state index in [1.165, 1.54) is 49.8 Å². The van der Waals surface area contributed by atoms with Gasteiger partial charge in [0.15, 0.2) is 0 Å². The van der Waals surface area contributed by atoms with Crippen LogP contribution in [0, 0.1) is 53.4 Å². The lowest BCUT2D eigenvalue weighted by Crippen LogP contribution is -2.56. The summed E-state index contributed by atoms with van der Waals surface area (Å²) in [5, 5.41) is 0. The van der Waals surface area contributed by atoms with Crippen LogP contribution in [0.25, 0.3) is 0 Å². The van der Waals surface area contributed by atoms with Gasteiger partial charge in [0, 0.05) is 15.6 Å². The molecule has 4 rings (SSSR count). The largest absolute Gasteiger partial charge is 0.244 e. The summed E-state index contributed by atoms with van der Waals surface area (Å²) in [6.07, 6.45) is 0. The van der Waals surface area contributed by atoms with Crippen LogP contribution in [0.5, 0.6) is 0 Å². The van der Waals surface area contributed by atoms with Crippen molar-refractivity contribution in [2.24, 2.45) is 0 Å². The van der Waals surface area contributed by atoms with Gasteiger partial charge in [0.25, 0.3) is 0 Å². The van der Waals surface area contributed by atoms with E-state index in [9.17, 15) is 0 Å². The van der Waals surface area contributed by atoms with E-state index in [1.807, 2.05) is 18.2 Å². The van der Waals surface area contributed by atoms with Crippen molar-refractivity contribution in [2.45, 2.75) is 41.5 Å². The number of benzene rings is 4. The van der Waals surface area contributed by atoms with Crippen LogP contribution in [0.3, 0.4) is 0 Å². The molecule has 0 N–H and O–H groups in total. The second kappa shape index (κ2) is 10.1. The van der Waals surface area contributed by atoms with E-state index >= 15 is 0 Å². The number of aryl methyl sites for hydroxylation is 6. The Bertz CT molecular complexity index is 1330. The van der Waals surface area contributed by atoms with E-state index < -0.39 is 0 Å². The lowest BCUT2D eigenvalue weighted by atomic mass is 9.33. The smallest absolute Gasteiger partial charge is 0.0657 e. The molecule has 168 valence electrons. The monoisotopic (exact) mass is 504 g/mol. The van der Waals surface area contributed by atoms with Gasteiger partial charge in [-0.25, -0.2) is 0 Å². The maximum absolute atomic E-state index is 3.64. The topological polar surface area (TPSA) is 0 Å². The molecule has 0 aromatic heterocycles. The van der Waals surface area contributed by atoms with Crippen LogP contribution in [-0.4, -0.2) is 6.71 Å². The maximum atomic E-state index is 3.64. The molecule has 0 aliphatic heterocycles. The van der Waals surface area contributed by atoms with Gasteiger partial charge in [-0.05, 0) is 75.7 Å². The van der Waals surface area contributed by atoms with E-state index in [0.29, 0.717) is 0 Å². The Balaban J connectivity index is 2.01. The minimum atomic E-state index is 0.117. The SMILES string of the molecule is Cc1cc(C)c(B(c2ccccc2C#Cc2ccccc2Br)c2c(C)cc(C)cc2C)c(C)c1. The summed E-state index contributed by atoms with van der Waals surface area (Å²) in [6.45, 7) is 13.5. The van der Waals surface area contributed by atoms with Gasteiger partial charge in [0.2, 0.25) is 6.71 Å². The predicted molar refractivity (Wildman–Crippen MR) is 153 cm³/mol. The molecule has 0 saturated heterocycles. The molecule has 2 heteroatoms. The second-order valence-corrected chi connectivity index (χ2v) is 10.2. The molecule has 0 fully saturated rings. The molecule has 0 bridgehead atoms. The molecule has 0 atom stereocenters. The highest BCUT2D eigenvalue weighted by molar-refractivity contribution is 9.10. The van der Waals surface area contributed by atoms with Crippen molar-refractivity contribution in [3.8, 4) is 11.8 Å². The number of hydrogen-bond donors (Lipinski definition) is 0. The van der Waals surface area contributed by atoms with Gasteiger partial charge in [-0.3, -0.25) is 0 Å². The summed E-state index contributed by atoms with van der Waals surface area (Å²) < 4.78 is 1.02. The molecule has 0 saturated carbocycles. The summed E-state index contributed by atoms with van der Waals surface area (Å²) in [6, 6.07) is 26.0. The van der Waals surface area contributed by atoms with Crippen LogP contribution < -0.4 is 16.4 Å². The lowest BCUT2D eigenvalue weighted by molar-refractivity contribution is 1.34. The zero-order valence-electron chi connectivity index (χ0n) is 20.9. The fourth-order valence-corrected chi connectivity index (χ4v) is 5.69. The molecule has 0 radical (unpaired) electrons.